The molecule has 0 saturated carbocycles. The molecule has 0 aliphatic carbocycles. The van der Waals surface area contributed by atoms with Crippen LogP contribution in [0.25, 0.3) is 0 Å². The highest BCUT2D eigenvalue weighted by Crippen LogP contribution is 2.16. The average Bonchev–Trinajstić information content (AvgIpc) is 2.73. The number of benzene rings is 2. The number of aliphatic carboxylic acids is 1. The molecule has 0 bridgehead atoms. The Morgan fingerprint density at radius 2 is 1.57 bits per heavy atom. The van der Waals surface area contributed by atoms with Crippen LogP contribution < -0.4 is 10.1 Å². The summed E-state index contributed by atoms with van der Waals surface area (Å²) in [5, 5.41) is 20.4. The molecule has 1 amide bonds. The SMILES string of the molecule is CC(=O)c1ccc(OC/C(CNC(=O)c2ccccc2C(=O)O)=C(/F)C(=O)O)cc1. The number of rotatable bonds is 9. The van der Waals surface area contributed by atoms with Gasteiger partial charge >= 0.3 is 11.9 Å². The van der Waals surface area contributed by atoms with Crippen molar-refractivity contribution in [3.63, 3.8) is 0 Å². The van der Waals surface area contributed by atoms with E-state index in [1.54, 1.807) is 0 Å². The Kier molecular flexibility index (Phi) is 7.40. The van der Waals surface area contributed by atoms with Crippen LogP contribution in [0, 0.1) is 0 Å². The van der Waals surface area contributed by atoms with Crippen molar-refractivity contribution >= 4 is 23.6 Å². The highest BCUT2D eigenvalue weighted by Gasteiger charge is 2.19. The lowest BCUT2D eigenvalue weighted by Crippen LogP contribution is -2.29. The van der Waals surface area contributed by atoms with Crippen LogP contribution in [-0.2, 0) is 4.79 Å². The molecule has 0 unspecified atom stereocenters. The Morgan fingerprint density at radius 3 is 2.10 bits per heavy atom. The van der Waals surface area contributed by atoms with Crippen molar-refractivity contribution in [2.24, 2.45) is 0 Å². The summed E-state index contributed by atoms with van der Waals surface area (Å²) >= 11 is 0. The van der Waals surface area contributed by atoms with E-state index in [2.05, 4.69) is 5.32 Å². The maximum absolute atomic E-state index is 14.0. The predicted octanol–water partition coefficient (Wildman–Crippen LogP) is 2.70. The van der Waals surface area contributed by atoms with Crippen molar-refractivity contribution in [2.45, 2.75) is 6.92 Å². The van der Waals surface area contributed by atoms with Crippen molar-refractivity contribution in [3.05, 3.63) is 76.6 Å². The van der Waals surface area contributed by atoms with Gasteiger partial charge in [0.2, 0.25) is 5.83 Å². The maximum atomic E-state index is 14.0. The van der Waals surface area contributed by atoms with E-state index in [-0.39, 0.29) is 28.2 Å². The quantitative estimate of drug-likeness (QED) is 0.424. The first-order valence-corrected chi connectivity index (χ1v) is 8.65. The zero-order valence-corrected chi connectivity index (χ0v) is 15.8. The maximum Gasteiger partial charge on any atom is 0.364 e. The van der Waals surface area contributed by atoms with Gasteiger partial charge in [-0.25, -0.2) is 9.59 Å². The molecule has 9 heteroatoms. The van der Waals surface area contributed by atoms with Crippen molar-refractivity contribution in [3.8, 4) is 5.75 Å². The van der Waals surface area contributed by atoms with Gasteiger partial charge in [0.25, 0.3) is 5.91 Å². The fourth-order valence-electron chi connectivity index (χ4n) is 2.45. The minimum absolute atomic E-state index is 0.150. The van der Waals surface area contributed by atoms with E-state index in [4.69, 9.17) is 14.9 Å². The minimum Gasteiger partial charge on any atom is -0.489 e. The molecular formula is C21H18FNO7. The van der Waals surface area contributed by atoms with Gasteiger partial charge in [-0.05, 0) is 43.3 Å². The molecule has 0 fully saturated rings. The Labute approximate surface area is 170 Å². The highest BCUT2D eigenvalue weighted by atomic mass is 19.1. The predicted molar refractivity (Wildman–Crippen MR) is 103 cm³/mol. The Bertz CT molecular complexity index is 1010. The fourth-order valence-corrected chi connectivity index (χ4v) is 2.45. The van der Waals surface area contributed by atoms with E-state index >= 15 is 0 Å². The first-order valence-electron chi connectivity index (χ1n) is 8.65. The van der Waals surface area contributed by atoms with E-state index in [0.29, 0.717) is 5.56 Å². The third-order valence-electron chi connectivity index (χ3n) is 4.04. The second-order valence-corrected chi connectivity index (χ2v) is 6.13. The van der Waals surface area contributed by atoms with E-state index in [1.165, 1.54) is 55.5 Å². The second-order valence-electron chi connectivity index (χ2n) is 6.13. The van der Waals surface area contributed by atoms with Gasteiger partial charge in [0.05, 0.1) is 11.1 Å². The highest BCUT2D eigenvalue weighted by molar-refractivity contribution is 6.04. The normalized spacial score (nSPS) is 11.3. The molecule has 0 atom stereocenters. The summed E-state index contributed by atoms with van der Waals surface area (Å²) in [6.07, 6.45) is 0. The lowest BCUT2D eigenvalue weighted by Gasteiger charge is -2.13. The summed E-state index contributed by atoms with van der Waals surface area (Å²) < 4.78 is 19.4. The molecule has 3 N–H and O–H groups in total. The van der Waals surface area contributed by atoms with Crippen molar-refractivity contribution in [1.82, 2.24) is 5.32 Å². The van der Waals surface area contributed by atoms with E-state index in [0.717, 1.165) is 0 Å². The summed E-state index contributed by atoms with van der Waals surface area (Å²) in [4.78, 5) is 45.8. The average molecular weight is 415 g/mol. The number of aromatic carboxylic acids is 1. The van der Waals surface area contributed by atoms with Crippen LogP contribution in [0.3, 0.4) is 0 Å². The van der Waals surface area contributed by atoms with Crippen LogP contribution in [0.15, 0.2) is 59.9 Å². The van der Waals surface area contributed by atoms with Gasteiger partial charge in [0.1, 0.15) is 12.4 Å². The number of Topliss-reactive ketones (excluding diaryl/α,β-unsaturated/α-hetero) is 1. The molecule has 0 saturated heterocycles. The first-order chi connectivity index (χ1) is 14.2. The van der Waals surface area contributed by atoms with Crippen LogP contribution in [-0.4, -0.2) is 47.0 Å². The zero-order chi connectivity index (χ0) is 22.3. The molecule has 0 radical (unpaired) electrons. The van der Waals surface area contributed by atoms with Crippen LogP contribution >= 0.6 is 0 Å². The van der Waals surface area contributed by atoms with Crippen molar-refractivity contribution in [2.75, 3.05) is 13.2 Å². The molecule has 2 rings (SSSR count). The van der Waals surface area contributed by atoms with E-state index in [1.807, 2.05) is 0 Å². The van der Waals surface area contributed by atoms with Gasteiger partial charge in [0, 0.05) is 17.7 Å². The van der Waals surface area contributed by atoms with Crippen LogP contribution in [0.1, 0.15) is 38.0 Å². The molecule has 8 nitrogen and oxygen atoms in total. The van der Waals surface area contributed by atoms with Crippen molar-refractivity contribution in [1.29, 1.82) is 0 Å². The summed E-state index contributed by atoms with van der Waals surface area (Å²) in [6.45, 7) is 0.388. The molecule has 0 aliphatic heterocycles. The van der Waals surface area contributed by atoms with Gasteiger partial charge < -0.3 is 20.3 Å². The lowest BCUT2D eigenvalue weighted by molar-refractivity contribution is -0.134. The first kappa shape index (κ1) is 22.3. The summed E-state index contributed by atoms with van der Waals surface area (Å²) in [5.74, 6) is -5.34. The molecular weight excluding hydrogens is 397 g/mol. The Hall–Kier alpha value is -4.01. The molecule has 0 heterocycles. The monoisotopic (exact) mass is 415 g/mol. The molecule has 30 heavy (non-hydrogen) atoms. The number of halogens is 1. The number of hydrogen-bond acceptors (Lipinski definition) is 5. The van der Waals surface area contributed by atoms with Gasteiger partial charge in [-0.2, -0.15) is 4.39 Å². The van der Waals surface area contributed by atoms with E-state index < -0.39 is 36.8 Å². The van der Waals surface area contributed by atoms with Gasteiger partial charge in [-0.1, -0.05) is 12.1 Å². The van der Waals surface area contributed by atoms with Crippen molar-refractivity contribution < 1.29 is 38.5 Å². The van der Waals surface area contributed by atoms with Gasteiger partial charge in [-0.3, -0.25) is 9.59 Å². The molecule has 0 spiro atoms. The van der Waals surface area contributed by atoms with Gasteiger partial charge in [0.15, 0.2) is 5.78 Å². The standard InChI is InChI=1S/C21H18FNO7/c1-12(24)13-6-8-15(9-7-13)30-11-14(18(22)21(28)29)10-23-19(25)16-4-2-3-5-17(16)20(26)27/h2-9H,10-11H2,1H3,(H,23,25)(H,26,27)(H,28,29)/b18-14+. The lowest BCUT2D eigenvalue weighted by atomic mass is 10.1. The Morgan fingerprint density at radius 1 is 0.967 bits per heavy atom. The third kappa shape index (κ3) is 5.74. The van der Waals surface area contributed by atoms with Crippen LogP contribution in [0.2, 0.25) is 0 Å². The number of ether oxygens (including phenoxy) is 1. The number of hydrogen-bond donors (Lipinski definition) is 3. The topological polar surface area (TPSA) is 130 Å². The van der Waals surface area contributed by atoms with Gasteiger partial charge in [-0.15, -0.1) is 0 Å². The summed E-state index contributed by atoms with van der Waals surface area (Å²) in [7, 11) is 0. The molecule has 0 aromatic heterocycles. The summed E-state index contributed by atoms with van der Waals surface area (Å²) in [5.41, 5.74) is -0.319. The third-order valence-corrected chi connectivity index (χ3v) is 4.04. The number of carboxylic acid groups (broad SMARTS) is 2. The molecule has 156 valence electrons. The van der Waals surface area contributed by atoms with Crippen LogP contribution in [0.4, 0.5) is 4.39 Å². The Balaban J connectivity index is 2.12. The summed E-state index contributed by atoms with van der Waals surface area (Å²) in [6, 6.07) is 11.4. The van der Waals surface area contributed by atoms with Crippen LogP contribution in [0.5, 0.6) is 5.75 Å². The zero-order valence-electron chi connectivity index (χ0n) is 15.8. The molecule has 2 aromatic carbocycles. The smallest absolute Gasteiger partial charge is 0.364 e. The number of carboxylic acids is 2. The molecule has 0 aliphatic rings. The molecule has 2 aromatic rings. The number of carbonyl (C=O) groups is 4. The van der Waals surface area contributed by atoms with E-state index in [9.17, 15) is 23.6 Å². The largest absolute Gasteiger partial charge is 0.489 e. The number of carbonyl (C=O) groups excluding carboxylic acids is 2. The number of ketones is 1. The second kappa shape index (κ2) is 9.97. The number of amides is 1. The minimum atomic E-state index is -1.83. The number of nitrogens with one attached hydrogen (secondary N) is 1. The fraction of sp³-hybridized carbons (Fsp3) is 0.143.